The van der Waals surface area contributed by atoms with Gasteiger partial charge in [-0.2, -0.15) is 0 Å². The number of hydrogen-bond donors (Lipinski definition) is 2. The normalized spacial score (nSPS) is 20.5. The summed E-state index contributed by atoms with van der Waals surface area (Å²) in [6.07, 6.45) is 2.35. The largest absolute Gasteiger partial charge is 0.378 e. The minimum absolute atomic E-state index is 0.00706. The maximum absolute atomic E-state index is 15.2. The maximum Gasteiger partial charge on any atom is 0.328 e. The van der Waals surface area contributed by atoms with E-state index >= 15 is 4.39 Å². The lowest BCUT2D eigenvalue weighted by atomic mass is 9.86. The zero-order valence-corrected chi connectivity index (χ0v) is 21.9. The number of likely N-dealkylation sites (tertiary alicyclic amines) is 1. The Morgan fingerprint density at radius 1 is 1.24 bits per heavy atom. The molecule has 1 aromatic carbocycles. The number of nitrogens with zero attached hydrogens (tertiary/aromatic N) is 3. The van der Waals surface area contributed by atoms with Gasteiger partial charge >= 0.3 is 6.03 Å². The topological polar surface area (TPSA) is 121 Å². The van der Waals surface area contributed by atoms with Crippen LogP contribution in [0.5, 0.6) is 0 Å². The molecule has 2 amide bonds. The predicted octanol–water partition coefficient (Wildman–Crippen LogP) is 1.25. The van der Waals surface area contributed by atoms with Crippen LogP contribution in [0.15, 0.2) is 36.5 Å². The predicted molar refractivity (Wildman–Crippen MR) is 135 cm³/mol. The zero-order valence-electron chi connectivity index (χ0n) is 21.1. The Morgan fingerprint density at radius 2 is 1.89 bits per heavy atom. The molecule has 2 fully saturated rings. The van der Waals surface area contributed by atoms with E-state index in [-0.39, 0.29) is 25.5 Å². The number of ether oxygens (including phenoxy) is 1. The highest BCUT2D eigenvalue weighted by atomic mass is 32.2. The summed E-state index contributed by atoms with van der Waals surface area (Å²) in [5, 5.41) is 8.97. The molecule has 12 heteroatoms. The Balaban J connectivity index is 1.20. The van der Waals surface area contributed by atoms with Crippen molar-refractivity contribution in [1.82, 2.24) is 19.8 Å². The van der Waals surface area contributed by atoms with Gasteiger partial charge in [0.15, 0.2) is 20.3 Å². The van der Waals surface area contributed by atoms with Crippen LogP contribution >= 0.6 is 0 Å². The van der Waals surface area contributed by atoms with Gasteiger partial charge in [-0.15, -0.1) is 0 Å². The number of aromatic nitrogens is 1. The standard InChI is InChI=1S/C26H29FN4O6S/c1-25(23(32)28-34,38(2,35)36)9-10-29-13-21-11-19(12-31(21)24(29)33)4-3-18-5-7-20(8-6-18)26(27)16-30(17-26)22-14-37-15-22/h5-8,11-12,22,34H,9-10,13-17H2,1-2H3,(H,28,32)/t25-/m1/s1. The molecule has 0 unspecified atom stereocenters. The highest BCUT2D eigenvalue weighted by Gasteiger charge is 2.49. The Hall–Kier alpha value is -3.24. The molecule has 1 aromatic heterocycles. The zero-order chi connectivity index (χ0) is 27.3. The van der Waals surface area contributed by atoms with E-state index in [9.17, 15) is 18.0 Å². The van der Waals surface area contributed by atoms with Gasteiger partial charge in [0, 0.05) is 48.9 Å². The highest BCUT2D eigenvalue weighted by Crippen LogP contribution is 2.38. The Morgan fingerprint density at radius 3 is 2.45 bits per heavy atom. The van der Waals surface area contributed by atoms with Crippen molar-refractivity contribution in [3.8, 4) is 11.8 Å². The number of amides is 2. The monoisotopic (exact) mass is 544 g/mol. The fourth-order valence-corrected chi connectivity index (χ4v) is 5.71. The lowest BCUT2D eigenvalue weighted by Crippen LogP contribution is -2.64. The Bertz CT molecular complexity index is 1430. The van der Waals surface area contributed by atoms with E-state index in [0.29, 0.717) is 49.2 Å². The molecule has 2 N–H and O–H groups in total. The molecule has 0 aliphatic carbocycles. The third-order valence-electron chi connectivity index (χ3n) is 7.79. The summed E-state index contributed by atoms with van der Waals surface area (Å²) in [7, 11) is -3.86. The Labute approximate surface area is 220 Å². The molecule has 3 aliphatic heterocycles. The van der Waals surface area contributed by atoms with Crippen molar-refractivity contribution in [2.75, 3.05) is 39.1 Å². The average Bonchev–Trinajstić information content (AvgIpc) is 3.36. The fourth-order valence-electron chi connectivity index (χ4n) is 4.87. The number of rotatable bonds is 7. The second kappa shape index (κ2) is 9.50. The first kappa shape index (κ1) is 26.4. The summed E-state index contributed by atoms with van der Waals surface area (Å²) >= 11 is 0. The summed E-state index contributed by atoms with van der Waals surface area (Å²) < 4.78 is 44.2. The van der Waals surface area contributed by atoms with Gasteiger partial charge in [0.05, 0.1) is 25.8 Å². The number of carbonyl (C=O) groups excluding carboxylic acids is 2. The van der Waals surface area contributed by atoms with E-state index in [4.69, 9.17) is 9.94 Å². The van der Waals surface area contributed by atoms with Crippen molar-refractivity contribution in [1.29, 1.82) is 0 Å². The second-order valence-electron chi connectivity index (χ2n) is 10.4. The van der Waals surface area contributed by atoms with Gasteiger partial charge in [0.2, 0.25) is 0 Å². The van der Waals surface area contributed by atoms with Gasteiger partial charge in [-0.1, -0.05) is 24.0 Å². The van der Waals surface area contributed by atoms with Crippen molar-refractivity contribution in [3.05, 3.63) is 58.9 Å². The summed E-state index contributed by atoms with van der Waals surface area (Å²) in [6, 6.07) is 8.86. The molecule has 3 aliphatic rings. The van der Waals surface area contributed by atoms with E-state index in [2.05, 4.69) is 16.7 Å². The Kier molecular flexibility index (Phi) is 6.59. The molecule has 2 saturated heterocycles. The quantitative estimate of drug-likeness (QED) is 0.306. The number of hydroxylamine groups is 1. The molecule has 10 nitrogen and oxygen atoms in total. The molecule has 0 spiro atoms. The molecule has 0 saturated carbocycles. The molecule has 4 heterocycles. The number of hydrogen-bond acceptors (Lipinski definition) is 7. The van der Waals surface area contributed by atoms with Crippen molar-refractivity contribution in [3.63, 3.8) is 0 Å². The second-order valence-corrected chi connectivity index (χ2v) is 12.8. The minimum Gasteiger partial charge on any atom is -0.378 e. The molecule has 202 valence electrons. The van der Waals surface area contributed by atoms with Crippen LogP contribution in [0.3, 0.4) is 0 Å². The smallest absolute Gasteiger partial charge is 0.328 e. The summed E-state index contributed by atoms with van der Waals surface area (Å²) in [4.78, 5) is 28.4. The minimum atomic E-state index is -3.86. The van der Waals surface area contributed by atoms with Crippen LogP contribution in [0.25, 0.3) is 0 Å². The highest BCUT2D eigenvalue weighted by molar-refractivity contribution is 7.92. The molecule has 0 radical (unpaired) electrons. The van der Waals surface area contributed by atoms with E-state index < -0.39 is 26.2 Å². The van der Waals surface area contributed by atoms with Crippen molar-refractivity contribution in [2.24, 2.45) is 0 Å². The van der Waals surface area contributed by atoms with Crippen LogP contribution in [0.2, 0.25) is 0 Å². The SMILES string of the molecule is C[C@@](CCN1Cc2cc(C#Cc3ccc(C4(F)CN(C5COC5)C4)cc3)cn2C1=O)(C(=O)NO)S(C)(=O)=O. The van der Waals surface area contributed by atoms with Gasteiger partial charge in [-0.25, -0.2) is 23.1 Å². The number of benzene rings is 1. The van der Waals surface area contributed by atoms with E-state index in [1.165, 1.54) is 21.9 Å². The molecule has 1 atom stereocenters. The molecule has 38 heavy (non-hydrogen) atoms. The van der Waals surface area contributed by atoms with Crippen LogP contribution in [-0.4, -0.2) is 89.8 Å². The molecule has 0 bridgehead atoms. The van der Waals surface area contributed by atoms with Crippen molar-refractivity contribution < 1.29 is 32.3 Å². The van der Waals surface area contributed by atoms with Crippen LogP contribution in [0.1, 0.15) is 35.7 Å². The average molecular weight is 545 g/mol. The molecular formula is C26H29FN4O6S. The van der Waals surface area contributed by atoms with Gasteiger partial charge in [-0.05, 0) is 37.1 Å². The summed E-state index contributed by atoms with van der Waals surface area (Å²) in [6.45, 7) is 3.54. The first-order chi connectivity index (χ1) is 17.9. The van der Waals surface area contributed by atoms with Crippen molar-refractivity contribution >= 4 is 21.8 Å². The van der Waals surface area contributed by atoms with Gasteiger partial charge < -0.3 is 9.64 Å². The van der Waals surface area contributed by atoms with E-state index in [1.807, 2.05) is 0 Å². The van der Waals surface area contributed by atoms with Crippen molar-refractivity contribution in [2.45, 2.75) is 36.3 Å². The van der Waals surface area contributed by atoms with Crippen LogP contribution < -0.4 is 5.48 Å². The third-order valence-corrected chi connectivity index (χ3v) is 9.81. The van der Waals surface area contributed by atoms with Gasteiger partial charge in [-0.3, -0.25) is 19.5 Å². The first-order valence-corrected chi connectivity index (χ1v) is 14.1. The number of sulfone groups is 1. The molecule has 2 aromatic rings. The van der Waals surface area contributed by atoms with Gasteiger partial charge in [0.25, 0.3) is 5.91 Å². The third kappa shape index (κ3) is 4.60. The lowest BCUT2D eigenvalue weighted by Gasteiger charge is -2.50. The summed E-state index contributed by atoms with van der Waals surface area (Å²) in [5.74, 6) is 5.03. The van der Waals surface area contributed by atoms with E-state index in [0.717, 1.165) is 11.8 Å². The number of nitrogens with one attached hydrogen (secondary N) is 1. The van der Waals surface area contributed by atoms with Crippen LogP contribution in [0, 0.1) is 11.8 Å². The first-order valence-electron chi connectivity index (χ1n) is 12.2. The number of alkyl halides is 1. The van der Waals surface area contributed by atoms with Gasteiger partial charge in [0.1, 0.15) is 0 Å². The lowest BCUT2D eigenvalue weighted by molar-refractivity contribution is -0.141. The number of carbonyl (C=O) groups is 2. The number of halogens is 1. The molecular weight excluding hydrogens is 515 g/mol. The fraction of sp³-hybridized carbons (Fsp3) is 0.462. The number of fused-ring (bicyclic) bond motifs is 1. The molecule has 5 rings (SSSR count). The maximum atomic E-state index is 15.2. The summed E-state index contributed by atoms with van der Waals surface area (Å²) in [5.41, 5.74) is 2.74. The van der Waals surface area contributed by atoms with Crippen LogP contribution in [-0.2, 0) is 31.6 Å². The van der Waals surface area contributed by atoms with Crippen LogP contribution in [0.4, 0.5) is 9.18 Å². The van der Waals surface area contributed by atoms with E-state index in [1.54, 1.807) is 36.5 Å².